The predicted molar refractivity (Wildman–Crippen MR) is 92.0 cm³/mol. The zero-order valence-corrected chi connectivity index (χ0v) is 13.9. The molecule has 0 unspecified atom stereocenters. The molecule has 7 heteroatoms. The molecule has 2 heterocycles. The Morgan fingerprint density at radius 2 is 2.26 bits per heavy atom. The van der Waals surface area contributed by atoms with E-state index in [1.807, 2.05) is 19.9 Å². The largest absolute Gasteiger partial charge is 0.506 e. The maximum atomic E-state index is 14.4. The first-order valence-electron chi connectivity index (χ1n) is 7.41. The molecule has 1 aromatic carbocycles. The fourth-order valence-electron chi connectivity index (χ4n) is 2.61. The van der Waals surface area contributed by atoms with Gasteiger partial charge in [0.05, 0.1) is 11.4 Å². The fourth-order valence-corrected chi connectivity index (χ4v) is 3.41. The summed E-state index contributed by atoms with van der Waals surface area (Å²) < 4.78 is 19.1. The van der Waals surface area contributed by atoms with Crippen LogP contribution in [0, 0.1) is 19.7 Å². The molecule has 0 spiro atoms. The van der Waals surface area contributed by atoms with Crippen molar-refractivity contribution in [3.8, 4) is 5.75 Å². The third kappa shape index (κ3) is 3.35. The molecule has 1 fully saturated rings. The summed E-state index contributed by atoms with van der Waals surface area (Å²) in [5.74, 6) is -0.463. The quantitative estimate of drug-likeness (QED) is 0.747. The van der Waals surface area contributed by atoms with Crippen molar-refractivity contribution in [2.24, 2.45) is 0 Å². The minimum Gasteiger partial charge on any atom is -0.506 e. The van der Waals surface area contributed by atoms with E-state index in [0.29, 0.717) is 18.7 Å². The Labute approximate surface area is 139 Å². The molecule has 0 saturated carbocycles. The number of rotatable bonds is 4. The SMILES string of the molecule is Cc1ccnc(C)c1NCc1cc(O)c(N2CCNS2)c(F)c1. The molecule has 122 valence electrons. The number of halogens is 1. The van der Waals surface area contributed by atoms with E-state index < -0.39 is 5.82 Å². The number of benzene rings is 1. The molecule has 3 N–H and O–H groups in total. The average molecular weight is 334 g/mol. The summed E-state index contributed by atoms with van der Waals surface area (Å²) >= 11 is 1.30. The Kier molecular flexibility index (Phi) is 4.58. The number of pyridine rings is 1. The van der Waals surface area contributed by atoms with Crippen LogP contribution in [0.3, 0.4) is 0 Å². The van der Waals surface area contributed by atoms with E-state index in [0.717, 1.165) is 23.5 Å². The van der Waals surface area contributed by atoms with Crippen molar-refractivity contribution in [1.29, 1.82) is 0 Å². The summed E-state index contributed by atoms with van der Waals surface area (Å²) in [4.78, 5) is 4.25. The molecule has 1 saturated heterocycles. The minimum atomic E-state index is -0.419. The number of phenols is 1. The first-order valence-corrected chi connectivity index (χ1v) is 8.18. The lowest BCUT2D eigenvalue weighted by atomic mass is 10.1. The summed E-state index contributed by atoms with van der Waals surface area (Å²) in [6, 6.07) is 4.99. The first kappa shape index (κ1) is 15.9. The van der Waals surface area contributed by atoms with Crippen molar-refractivity contribution < 1.29 is 9.50 Å². The number of nitrogens with one attached hydrogen (secondary N) is 2. The van der Waals surface area contributed by atoms with E-state index in [1.54, 1.807) is 16.6 Å². The lowest BCUT2D eigenvalue weighted by Gasteiger charge is -2.18. The molecule has 0 atom stereocenters. The maximum Gasteiger partial charge on any atom is 0.151 e. The van der Waals surface area contributed by atoms with E-state index in [9.17, 15) is 9.50 Å². The van der Waals surface area contributed by atoms with Crippen molar-refractivity contribution in [1.82, 2.24) is 9.71 Å². The molecule has 0 amide bonds. The summed E-state index contributed by atoms with van der Waals surface area (Å²) in [5, 5.41) is 13.4. The lowest BCUT2D eigenvalue weighted by molar-refractivity contribution is 0.469. The maximum absolute atomic E-state index is 14.4. The summed E-state index contributed by atoms with van der Waals surface area (Å²) in [7, 11) is 0. The Morgan fingerprint density at radius 3 is 2.91 bits per heavy atom. The van der Waals surface area contributed by atoms with E-state index >= 15 is 0 Å². The summed E-state index contributed by atoms with van der Waals surface area (Å²) in [5.41, 5.74) is 3.83. The minimum absolute atomic E-state index is 0.0439. The Bertz CT molecular complexity index is 676. The van der Waals surface area contributed by atoms with E-state index in [-0.39, 0.29) is 11.4 Å². The molecule has 1 aliphatic heterocycles. The van der Waals surface area contributed by atoms with Crippen LogP contribution in [0.5, 0.6) is 5.75 Å². The van der Waals surface area contributed by atoms with Gasteiger partial charge >= 0.3 is 0 Å². The van der Waals surface area contributed by atoms with Gasteiger partial charge in [0.1, 0.15) is 11.4 Å². The molecule has 1 aliphatic rings. The number of anilines is 2. The molecule has 1 aromatic heterocycles. The van der Waals surface area contributed by atoms with Crippen molar-refractivity contribution in [2.75, 3.05) is 22.7 Å². The van der Waals surface area contributed by atoms with Crippen LogP contribution >= 0.6 is 12.1 Å². The highest BCUT2D eigenvalue weighted by Crippen LogP contribution is 2.36. The topological polar surface area (TPSA) is 60.4 Å². The van der Waals surface area contributed by atoms with Gasteiger partial charge in [-0.25, -0.2) is 9.11 Å². The Hall–Kier alpha value is -1.99. The summed E-state index contributed by atoms with van der Waals surface area (Å²) in [6.07, 6.45) is 1.76. The van der Waals surface area contributed by atoms with Crippen molar-refractivity contribution >= 4 is 23.5 Å². The molecule has 0 radical (unpaired) electrons. The molecule has 23 heavy (non-hydrogen) atoms. The number of aryl methyl sites for hydroxylation is 2. The smallest absolute Gasteiger partial charge is 0.151 e. The molecule has 3 rings (SSSR count). The van der Waals surface area contributed by atoms with Gasteiger partial charge in [0.2, 0.25) is 0 Å². The molecule has 5 nitrogen and oxygen atoms in total. The van der Waals surface area contributed by atoms with Gasteiger partial charge in [-0.2, -0.15) is 0 Å². The molecular formula is C16H19FN4OS. The molecule has 2 aromatic rings. The number of hydrogen-bond acceptors (Lipinski definition) is 6. The van der Waals surface area contributed by atoms with E-state index in [4.69, 9.17) is 0 Å². The number of nitrogens with zero attached hydrogens (tertiary/aromatic N) is 2. The zero-order chi connectivity index (χ0) is 16.4. The lowest BCUT2D eigenvalue weighted by Crippen LogP contribution is -2.13. The van der Waals surface area contributed by atoms with Gasteiger partial charge in [-0.15, -0.1) is 0 Å². The number of phenolic OH excluding ortho intramolecular Hbond substituents is 1. The third-order valence-corrected chi connectivity index (χ3v) is 4.68. The predicted octanol–water partition coefficient (Wildman–Crippen LogP) is 3.13. The Morgan fingerprint density at radius 1 is 1.43 bits per heavy atom. The number of hydrogen-bond donors (Lipinski definition) is 3. The zero-order valence-electron chi connectivity index (χ0n) is 13.1. The van der Waals surface area contributed by atoms with Gasteiger partial charge in [0.25, 0.3) is 0 Å². The number of aromatic nitrogens is 1. The average Bonchev–Trinajstić information content (AvgIpc) is 3.00. The normalized spacial score (nSPS) is 14.3. The van der Waals surface area contributed by atoms with Gasteiger partial charge in [-0.1, -0.05) is 0 Å². The van der Waals surface area contributed by atoms with Crippen LogP contribution in [0.2, 0.25) is 0 Å². The first-order chi connectivity index (χ1) is 11.1. The Balaban J connectivity index is 1.79. The fraction of sp³-hybridized carbons (Fsp3) is 0.312. The van der Waals surface area contributed by atoms with Crippen LogP contribution < -0.4 is 14.3 Å². The van der Waals surface area contributed by atoms with Crippen LogP contribution in [0.4, 0.5) is 15.8 Å². The highest BCUT2D eigenvalue weighted by atomic mass is 32.2. The van der Waals surface area contributed by atoms with Crippen LogP contribution in [-0.2, 0) is 6.54 Å². The molecule has 0 aliphatic carbocycles. The highest BCUT2D eigenvalue weighted by molar-refractivity contribution is 7.99. The van der Waals surface area contributed by atoms with Gasteiger partial charge < -0.3 is 10.4 Å². The summed E-state index contributed by atoms with van der Waals surface area (Å²) in [6.45, 7) is 5.75. The number of aromatic hydroxyl groups is 1. The van der Waals surface area contributed by atoms with Crippen LogP contribution in [0.15, 0.2) is 24.4 Å². The highest BCUT2D eigenvalue weighted by Gasteiger charge is 2.21. The van der Waals surface area contributed by atoms with Crippen molar-refractivity contribution in [3.05, 3.63) is 47.0 Å². The van der Waals surface area contributed by atoms with Crippen LogP contribution in [-0.4, -0.2) is 23.2 Å². The van der Waals surface area contributed by atoms with Crippen molar-refractivity contribution in [3.63, 3.8) is 0 Å². The van der Waals surface area contributed by atoms with Gasteiger partial charge in [0, 0.05) is 38.0 Å². The van der Waals surface area contributed by atoms with E-state index in [2.05, 4.69) is 15.0 Å². The second-order valence-electron chi connectivity index (χ2n) is 5.47. The van der Waals surface area contributed by atoms with Gasteiger partial charge in [-0.3, -0.25) is 9.29 Å². The monoisotopic (exact) mass is 334 g/mol. The van der Waals surface area contributed by atoms with Crippen LogP contribution in [0.1, 0.15) is 16.8 Å². The standard InChI is InChI=1S/C16H19FN4OS/c1-10-3-4-18-11(2)15(10)19-9-12-7-13(17)16(14(22)8-12)21-6-5-20-23-21/h3-4,7-8,19-20,22H,5-6,9H2,1-2H3. The van der Waals surface area contributed by atoms with Gasteiger partial charge in [0.15, 0.2) is 5.82 Å². The third-order valence-electron chi connectivity index (χ3n) is 3.76. The molecule has 0 bridgehead atoms. The van der Waals surface area contributed by atoms with Crippen molar-refractivity contribution in [2.45, 2.75) is 20.4 Å². The van der Waals surface area contributed by atoms with Gasteiger partial charge in [-0.05, 0) is 43.2 Å². The molecular weight excluding hydrogens is 315 g/mol. The second-order valence-corrected chi connectivity index (χ2v) is 6.39. The second kappa shape index (κ2) is 6.64. The van der Waals surface area contributed by atoms with E-state index in [1.165, 1.54) is 18.2 Å². The van der Waals surface area contributed by atoms with Crippen LogP contribution in [0.25, 0.3) is 0 Å².